The van der Waals surface area contributed by atoms with Crippen LogP contribution in [-0.4, -0.2) is 20.9 Å². The topological polar surface area (TPSA) is 55.1 Å². The molecule has 1 saturated carbocycles. The third kappa shape index (κ3) is 1.13. The molecule has 1 aliphatic rings. The first-order valence-corrected chi connectivity index (χ1v) is 4.49. The molecule has 1 aromatic heterocycles. The van der Waals surface area contributed by atoms with E-state index < -0.39 is 11.5 Å². The largest absolute Gasteiger partial charge is 0.479 e. The van der Waals surface area contributed by atoms with Crippen molar-refractivity contribution in [3.05, 3.63) is 18.5 Å². The second-order valence-corrected chi connectivity index (χ2v) is 3.49. The summed E-state index contributed by atoms with van der Waals surface area (Å²) >= 11 is 0. The molecule has 0 aromatic carbocycles. The van der Waals surface area contributed by atoms with Crippen LogP contribution in [0.4, 0.5) is 0 Å². The van der Waals surface area contributed by atoms with Gasteiger partial charge in [0.15, 0.2) is 5.54 Å². The zero-order valence-corrected chi connectivity index (χ0v) is 7.31. The lowest BCUT2D eigenvalue weighted by Crippen LogP contribution is -2.39. The number of aromatic nitrogens is 2. The first kappa shape index (κ1) is 8.29. The Hall–Kier alpha value is -1.32. The van der Waals surface area contributed by atoms with Gasteiger partial charge in [0, 0.05) is 12.4 Å². The van der Waals surface area contributed by atoms with Gasteiger partial charge in [0.25, 0.3) is 0 Å². The summed E-state index contributed by atoms with van der Waals surface area (Å²) in [5.74, 6) is -0.756. The van der Waals surface area contributed by atoms with E-state index in [1.807, 2.05) is 0 Å². The van der Waals surface area contributed by atoms with Crippen molar-refractivity contribution in [1.82, 2.24) is 9.78 Å². The summed E-state index contributed by atoms with van der Waals surface area (Å²) in [5.41, 5.74) is -0.760. The second-order valence-electron chi connectivity index (χ2n) is 3.49. The van der Waals surface area contributed by atoms with Gasteiger partial charge in [-0.15, -0.1) is 0 Å². The minimum atomic E-state index is -0.760. The fourth-order valence-corrected chi connectivity index (χ4v) is 2.02. The van der Waals surface area contributed by atoms with Crippen LogP contribution in [0.15, 0.2) is 18.5 Å². The van der Waals surface area contributed by atoms with E-state index in [0.717, 1.165) is 12.8 Å². The van der Waals surface area contributed by atoms with Crippen LogP contribution in [0.1, 0.15) is 25.7 Å². The molecule has 1 aliphatic carbocycles. The average molecular weight is 180 g/mol. The summed E-state index contributed by atoms with van der Waals surface area (Å²) in [6, 6.07) is 1.77. The van der Waals surface area contributed by atoms with Gasteiger partial charge < -0.3 is 5.11 Å². The minimum absolute atomic E-state index is 0.698. The highest BCUT2D eigenvalue weighted by Gasteiger charge is 2.43. The van der Waals surface area contributed by atoms with Crippen LogP contribution in [0.25, 0.3) is 0 Å². The number of nitrogens with zero attached hydrogens (tertiary/aromatic N) is 2. The Balaban J connectivity index is 2.39. The monoisotopic (exact) mass is 180 g/mol. The SMILES string of the molecule is O=C(O)C1(n2cccn2)CCCC1. The molecule has 0 spiro atoms. The predicted molar refractivity (Wildman–Crippen MR) is 46.3 cm³/mol. The van der Waals surface area contributed by atoms with Crippen LogP contribution < -0.4 is 0 Å². The molecule has 13 heavy (non-hydrogen) atoms. The van der Waals surface area contributed by atoms with Crippen molar-refractivity contribution in [3.63, 3.8) is 0 Å². The standard InChI is InChI=1S/C9H12N2O2/c12-8(13)9(4-1-2-5-9)11-7-3-6-10-11/h3,6-7H,1-2,4-5H2,(H,12,13). The lowest BCUT2D eigenvalue weighted by Gasteiger charge is -2.24. The molecule has 4 nitrogen and oxygen atoms in total. The summed E-state index contributed by atoms with van der Waals surface area (Å²) < 4.78 is 1.59. The van der Waals surface area contributed by atoms with E-state index in [4.69, 9.17) is 0 Å². The number of aliphatic carboxylic acids is 1. The molecule has 4 heteroatoms. The Morgan fingerprint density at radius 1 is 1.46 bits per heavy atom. The van der Waals surface area contributed by atoms with Gasteiger partial charge in [-0.05, 0) is 18.9 Å². The molecular weight excluding hydrogens is 168 g/mol. The normalized spacial score (nSPS) is 20.3. The van der Waals surface area contributed by atoms with Gasteiger partial charge in [-0.25, -0.2) is 4.79 Å². The molecule has 0 saturated heterocycles. The molecule has 0 atom stereocenters. The maximum atomic E-state index is 11.2. The van der Waals surface area contributed by atoms with Crippen LogP contribution in [0.3, 0.4) is 0 Å². The van der Waals surface area contributed by atoms with E-state index in [1.165, 1.54) is 0 Å². The third-order valence-corrected chi connectivity index (χ3v) is 2.77. The Morgan fingerprint density at radius 3 is 2.62 bits per heavy atom. The Labute approximate surface area is 76.2 Å². The predicted octanol–water partition coefficient (Wildman–Crippen LogP) is 1.24. The summed E-state index contributed by atoms with van der Waals surface area (Å²) in [5, 5.41) is 13.2. The maximum Gasteiger partial charge on any atom is 0.331 e. The third-order valence-electron chi connectivity index (χ3n) is 2.77. The molecule has 1 fully saturated rings. The number of hydrogen-bond donors (Lipinski definition) is 1. The van der Waals surface area contributed by atoms with Gasteiger partial charge in [-0.1, -0.05) is 12.8 Å². The Morgan fingerprint density at radius 2 is 2.15 bits per heavy atom. The zero-order chi connectivity index (χ0) is 9.31. The quantitative estimate of drug-likeness (QED) is 0.744. The lowest BCUT2D eigenvalue weighted by atomic mass is 9.98. The van der Waals surface area contributed by atoms with Crippen LogP contribution in [0, 0.1) is 0 Å². The molecule has 70 valence electrons. The molecule has 1 aromatic rings. The van der Waals surface area contributed by atoms with Crippen molar-refractivity contribution >= 4 is 5.97 Å². The summed E-state index contributed by atoms with van der Waals surface area (Å²) in [6.45, 7) is 0. The molecular formula is C9H12N2O2. The van der Waals surface area contributed by atoms with Crippen LogP contribution in [-0.2, 0) is 10.3 Å². The smallest absolute Gasteiger partial charge is 0.331 e. The number of carboxylic acids is 1. The summed E-state index contributed by atoms with van der Waals surface area (Å²) in [4.78, 5) is 11.2. The van der Waals surface area contributed by atoms with E-state index in [1.54, 1.807) is 23.1 Å². The van der Waals surface area contributed by atoms with Crippen molar-refractivity contribution in [3.8, 4) is 0 Å². The first-order chi connectivity index (χ1) is 6.26. The van der Waals surface area contributed by atoms with E-state index in [2.05, 4.69) is 5.10 Å². The first-order valence-electron chi connectivity index (χ1n) is 4.49. The summed E-state index contributed by atoms with van der Waals surface area (Å²) in [6.07, 6.45) is 6.72. The van der Waals surface area contributed by atoms with E-state index in [9.17, 15) is 9.90 Å². The highest BCUT2D eigenvalue weighted by molar-refractivity contribution is 5.76. The molecule has 1 heterocycles. The van der Waals surface area contributed by atoms with Gasteiger partial charge in [0.2, 0.25) is 0 Å². The van der Waals surface area contributed by atoms with Gasteiger partial charge in [0.05, 0.1) is 0 Å². The second kappa shape index (κ2) is 2.87. The van der Waals surface area contributed by atoms with Crippen molar-refractivity contribution in [2.45, 2.75) is 31.2 Å². The number of rotatable bonds is 2. The average Bonchev–Trinajstić information content (AvgIpc) is 2.75. The van der Waals surface area contributed by atoms with Crippen molar-refractivity contribution in [1.29, 1.82) is 0 Å². The fourth-order valence-electron chi connectivity index (χ4n) is 2.02. The number of carbonyl (C=O) groups is 1. The highest BCUT2D eigenvalue weighted by atomic mass is 16.4. The molecule has 0 aliphatic heterocycles. The van der Waals surface area contributed by atoms with Crippen LogP contribution in [0.5, 0.6) is 0 Å². The maximum absolute atomic E-state index is 11.2. The zero-order valence-electron chi connectivity index (χ0n) is 7.31. The van der Waals surface area contributed by atoms with Crippen molar-refractivity contribution < 1.29 is 9.90 Å². The van der Waals surface area contributed by atoms with Gasteiger partial charge >= 0.3 is 5.97 Å². The Kier molecular flexibility index (Phi) is 1.83. The fraction of sp³-hybridized carbons (Fsp3) is 0.556. The van der Waals surface area contributed by atoms with E-state index in [0.29, 0.717) is 12.8 Å². The molecule has 0 bridgehead atoms. The Bertz CT molecular complexity index is 299. The summed E-state index contributed by atoms with van der Waals surface area (Å²) in [7, 11) is 0. The highest BCUT2D eigenvalue weighted by Crippen LogP contribution is 2.36. The van der Waals surface area contributed by atoms with Crippen molar-refractivity contribution in [2.75, 3.05) is 0 Å². The molecule has 0 radical (unpaired) electrons. The molecule has 1 N–H and O–H groups in total. The van der Waals surface area contributed by atoms with E-state index in [-0.39, 0.29) is 0 Å². The van der Waals surface area contributed by atoms with Gasteiger partial charge in [-0.3, -0.25) is 4.68 Å². The van der Waals surface area contributed by atoms with Crippen molar-refractivity contribution in [2.24, 2.45) is 0 Å². The number of carboxylic acid groups (broad SMARTS) is 1. The van der Waals surface area contributed by atoms with Gasteiger partial charge in [-0.2, -0.15) is 5.10 Å². The van der Waals surface area contributed by atoms with Crippen LogP contribution >= 0.6 is 0 Å². The minimum Gasteiger partial charge on any atom is -0.479 e. The molecule has 0 unspecified atom stereocenters. The van der Waals surface area contributed by atoms with Gasteiger partial charge in [0.1, 0.15) is 0 Å². The number of hydrogen-bond acceptors (Lipinski definition) is 2. The van der Waals surface area contributed by atoms with E-state index >= 15 is 0 Å². The molecule has 0 amide bonds. The molecule has 2 rings (SSSR count). The lowest BCUT2D eigenvalue weighted by molar-refractivity contribution is -0.147. The van der Waals surface area contributed by atoms with Crippen LogP contribution in [0.2, 0.25) is 0 Å².